The quantitative estimate of drug-likeness (QED) is 0.792. The highest BCUT2D eigenvalue weighted by molar-refractivity contribution is 5.42. The first-order valence-electron chi connectivity index (χ1n) is 6.60. The van der Waals surface area contributed by atoms with E-state index in [1.54, 1.807) is 0 Å². The maximum absolute atomic E-state index is 8.89. The van der Waals surface area contributed by atoms with Crippen molar-refractivity contribution in [3.05, 3.63) is 23.4 Å². The summed E-state index contributed by atoms with van der Waals surface area (Å²) in [5, 5.41) is 12.0. The van der Waals surface area contributed by atoms with Gasteiger partial charge in [0, 0.05) is 13.2 Å². The summed E-state index contributed by atoms with van der Waals surface area (Å²) in [6.07, 6.45) is 2.50. The molecule has 1 fully saturated rings. The second-order valence-electron chi connectivity index (χ2n) is 4.61. The molecule has 1 unspecified atom stereocenters. The van der Waals surface area contributed by atoms with Crippen LogP contribution < -0.4 is 5.32 Å². The Morgan fingerprint density at radius 3 is 3.21 bits per heavy atom. The second kappa shape index (κ2) is 7.07. The van der Waals surface area contributed by atoms with Gasteiger partial charge in [-0.2, -0.15) is 5.26 Å². The van der Waals surface area contributed by atoms with E-state index in [2.05, 4.69) is 16.4 Å². The highest BCUT2D eigenvalue weighted by Crippen LogP contribution is 2.12. The van der Waals surface area contributed by atoms with E-state index >= 15 is 0 Å². The van der Waals surface area contributed by atoms with Crippen LogP contribution in [0.2, 0.25) is 0 Å². The van der Waals surface area contributed by atoms with E-state index in [4.69, 9.17) is 14.7 Å². The van der Waals surface area contributed by atoms with Crippen LogP contribution in [-0.2, 0) is 9.47 Å². The summed E-state index contributed by atoms with van der Waals surface area (Å²) in [5.41, 5.74) is 1.35. The maximum atomic E-state index is 8.89. The predicted octanol–water partition coefficient (Wildman–Crippen LogP) is 1.87. The number of ether oxygens (including phenoxy) is 2. The SMILES string of the molecule is Cc1ccc(NCCOCC2CCCO2)nc1C#N. The van der Waals surface area contributed by atoms with E-state index in [0.29, 0.717) is 31.3 Å². The van der Waals surface area contributed by atoms with Crippen molar-refractivity contribution < 1.29 is 9.47 Å². The van der Waals surface area contributed by atoms with Gasteiger partial charge >= 0.3 is 0 Å². The third kappa shape index (κ3) is 4.19. The molecule has 1 saturated heterocycles. The summed E-state index contributed by atoms with van der Waals surface area (Å²) in [6.45, 7) is 4.67. The molecular weight excluding hydrogens is 242 g/mol. The average molecular weight is 261 g/mol. The van der Waals surface area contributed by atoms with Crippen LogP contribution in [0.15, 0.2) is 12.1 Å². The first-order chi connectivity index (χ1) is 9.29. The van der Waals surface area contributed by atoms with Crippen molar-refractivity contribution in [2.45, 2.75) is 25.9 Å². The van der Waals surface area contributed by atoms with Crippen LogP contribution in [0.1, 0.15) is 24.1 Å². The second-order valence-corrected chi connectivity index (χ2v) is 4.61. The van der Waals surface area contributed by atoms with Gasteiger partial charge in [-0.05, 0) is 31.4 Å². The first kappa shape index (κ1) is 13.8. The molecule has 5 heteroatoms. The Balaban J connectivity index is 1.66. The standard InChI is InChI=1S/C14H19N3O2/c1-11-4-5-14(17-13(11)9-15)16-6-8-18-10-12-3-2-7-19-12/h4-5,12H,2-3,6-8,10H2,1H3,(H,16,17). The Morgan fingerprint density at radius 1 is 1.58 bits per heavy atom. The minimum absolute atomic E-state index is 0.266. The largest absolute Gasteiger partial charge is 0.377 e. The Morgan fingerprint density at radius 2 is 2.47 bits per heavy atom. The molecule has 1 aliphatic rings. The van der Waals surface area contributed by atoms with Gasteiger partial charge in [0.1, 0.15) is 17.6 Å². The van der Waals surface area contributed by atoms with Crippen LogP contribution >= 0.6 is 0 Å². The number of rotatable bonds is 6. The minimum Gasteiger partial charge on any atom is -0.377 e. The fourth-order valence-corrected chi connectivity index (χ4v) is 1.98. The van der Waals surface area contributed by atoms with Crippen LogP contribution in [0.3, 0.4) is 0 Å². The molecule has 0 spiro atoms. The van der Waals surface area contributed by atoms with Crippen LogP contribution in [0, 0.1) is 18.3 Å². The van der Waals surface area contributed by atoms with Crippen molar-refractivity contribution in [1.82, 2.24) is 4.98 Å². The Hall–Kier alpha value is -1.64. The van der Waals surface area contributed by atoms with E-state index in [9.17, 15) is 0 Å². The zero-order valence-corrected chi connectivity index (χ0v) is 11.2. The monoisotopic (exact) mass is 261 g/mol. The highest BCUT2D eigenvalue weighted by Gasteiger charge is 2.14. The molecule has 1 aromatic heterocycles. The van der Waals surface area contributed by atoms with E-state index in [-0.39, 0.29) is 6.10 Å². The molecule has 5 nitrogen and oxygen atoms in total. The lowest BCUT2D eigenvalue weighted by atomic mass is 10.2. The molecule has 1 aliphatic heterocycles. The van der Waals surface area contributed by atoms with Crippen molar-refractivity contribution in [2.75, 3.05) is 31.7 Å². The van der Waals surface area contributed by atoms with Gasteiger partial charge in [0.25, 0.3) is 0 Å². The Bertz CT molecular complexity index is 450. The highest BCUT2D eigenvalue weighted by atomic mass is 16.5. The van der Waals surface area contributed by atoms with Gasteiger partial charge < -0.3 is 14.8 Å². The summed E-state index contributed by atoms with van der Waals surface area (Å²) in [6, 6.07) is 5.84. The molecule has 2 heterocycles. The maximum Gasteiger partial charge on any atom is 0.145 e. The molecule has 1 N–H and O–H groups in total. The smallest absolute Gasteiger partial charge is 0.145 e. The predicted molar refractivity (Wildman–Crippen MR) is 72.0 cm³/mol. The van der Waals surface area contributed by atoms with Gasteiger partial charge in [0.15, 0.2) is 0 Å². The lowest BCUT2D eigenvalue weighted by Gasteiger charge is -2.11. The van der Waals surface area contributed by atoms with Crippen molar-refractivity contribution in [1.29, 1.82) is 5.26 Å². The number of aryl methyl sites for hydroxylation is 1. The topological polar surface area (TPSA) is 67.2 Å². The average Bonchev–Trinajstić information content (AvgIpc) is 2.93. The van der Waals surface area contributed by atoms with Crippen molar-refractivity contribution in [2.24, 2.45) is 0 Å². The molecule has 0 aliphatic carbocycles. The van der Waals surface area contributed by atoms with Gasteiger partial charge in [0.2, 0.25) is 0 Å². The Kier molecular flexibility index (Phi) is 5.13. The molecule has 0 saturated carbocycles. The number of aromatic nitrogens is 1. The number of nitrogens with one attached hydrogen (secondary N) is 1. The van der Waals surface area contributed by atoms with E-state index in [1.807, 2.05) is 19.1 Å². The zero-order valence-electron chi connectivity index (χ0n) is 11.2. The molecule has 0 radical (unpaired) electrons. The number of hydrogen-bond acceptors (Lipinski definition) is 5. The Labute approximate surface area is 113 Å². The van der Waals surface area contributed by atoms with Gasteiger partial charge in [0.05, 0.1) is 19.3 Å². The summed E-state index contributed by atoms with van der Waals surface area (Å²) < 4.78 is 11.0. The van der Waals surface area contributed by atoms with E-state index in [1.165, 1.54) is 0 Å². The number of hydrogen-bond donors (Lipinski definition) is 1. The molecule has 19 heavy (non-hydrogen) atoms. The first-order valence-corrected chi connectivity index (χ1v) is 6.60. The van der Waals surface area contributed by atoms with Gasteiger partial charge in [-0.15, -0.1) is 0 Å². The number of anilines is 1. The van der Waals surface area contributed by atoms with Gasteiger partial charge in [-0.3, -0.25) is 0 Å². The van der Waals surface area contributed by atoms with Gasteiger partial charge in [-0.1, -0.05) is 6.07 Å². The fourth-order valence-electron chi connectivity index (χ4n) is 1.98. The lowest BCUT2D eigenvalue weighted by molar-refractivity contribution is 0.0206. The molecule has 0 amide bonds. The van der Waals surface area contributed by atoms with E-state index in [0.717, 1.165) is 25.0 Å². The van der Waals surface area contributed by atoms with Crippen LogP contribution in [0.4, 0.5) is 5.82 Å². The fraction of sp³-hybridized carbons (Fsp3) is 0.571. The lowest BCUT2D eigenvalue weighted by Crippen LogP contribution is -2.18. The third-order valence-electron chi connectivity index (χ3n) is 3.08. The molecular formula is C14H19N3O2. The van der Waals surface area contributed by atoms with Crippen molar-refractivity contribution in [3.8, 4) is 6.07 Å². The number of nitriles is 1. The summed E-state index contributed by atoms with van der Waals surface area (Å²) in [5.74, 6) is 0.711. The van der Waals surface area contributed by atoms with Gasteiger partial charge in [-0.25, -0.2) is 4.98 Å². The molecule has 0 bridgehead atoms. The third-order valence-corrected chi connectivity index (χ3v) is 3.08. The van der Waals surface area contributed by atoms with Crippen LogP contribution in [0.5, 0.6) is 0 Å². The molecule has 1 aromatic rings. The number of pyridine rings is 1. The number of nitrogens with zero attached hydrogens (tertiary/aromatic N) is 2. The minimum atomic E-state index is 0.266. The zero-order chi connectivity index (χ0) is 13.5. The van der Waals surface area contributed by atoms with Crippen molar-refractivity contribution in [3.63, 3.8) is 0 Å². The normalized spacial score (nSPS) is 18.2. The van der Waals surface area contributed by atoms with Crippen LogP contribution in [-0.4, -0.2) is 37.5 Å². The van der Waals surface area contributed by atoms with Crippen LogP contribution in [0.25, 0.3) is 0 Å². The van der Waals surface area contributed by atoms with Crippen molar-refractivity contribution >= 4 is 5.82 Å². The molecule has 1 atom stereocenters. The summed E-state index contributed by atoms with van der Waals surface area (Å²) >= 11 is 0. The summed E-state index contributed by atoms with van der Waals surface area (Å²) in [7, 11) is 0. The summed E-state index contributed by atoms with van der Waals surface area (Å²) in [4.78, 5) is 4.21. The van der Waals surface area contributed by atoms with E-state index < -0.39 is 0 Å². The molecule has 2 rings (SSSR count). The molecule has 102 valence electrons. The molecule has 0 aromatic carbocycles.